The molecular formula is C13H18N4OS. The lowest BCUT2D eigenvalue weighted by Gasteiger charge is -2.11. The molecule has 5 nitrogen and oxygen atoms in total. The van der Waals surface area contributed by atoms with Gasteiger partial charge in [-0.25, -0.2) is 0 Å². The van der Waals surface area contributed by atoms with Crippen molar-refractivity contribution in [1.82, 2.24) is 20.2 Å². The molecule has 2 rings (SSSR count). The van der Waals surface area contributed by atoms with Crippen LogP contribution >= 0.6 is 11.8 Å². The van der Waals surface area contributed by atoms with E-state index >= 15 is 0 Å². The fraction of sp³-hybridized carbons (Fsp3) is 0.462. The van der Waals surface area contributed by atoms with Gasteiger partial charge in [-0.15, -0.1) is 16.9 Å². The second kappa shape index (κ2) is 7.25. The summed E-state index contributed by atoms with van der Waals surface area (Å²) >= 11 is 1.79. The van der Waals surface area contributed by atoms with Gasteiger partial charge >= 0.3 is 0 Å². The van der Waals surface area contributed by atoms with Gasteiger partial charge in [0.25, 0.3) is 0 Å². The second-order valence-electron chi connectivity index (χ2n) is 3.99. The highest BCUT2D eigenvalue weighted by molar-refractivity contribution is 7.99. The van der Waals surface area contributed by atoms with Gasteiger partial charge in [-0.05, 0) is 36.4 Å². The molecule has 0 N–H and O–H groups in total. The molecule has 19 heavy (non-hydrogen) atoms. The van der Waals surface area contributed by atoms with E-state index in [1.54, 1.807) is 16.4 Å². The van der Waals surface area contributed by atoms with Crippen LogP contribution in [0.2, 0.25) is 0 Å². The Morgan fingerprint density at radius 1 is 1.32 bits per heavy atom. The smallest absolute Gasteiger partial charge is 0.169 e. The molecule has 0 amide bonds. The average molecular weight is 278 g/mol. The minimum absolute atomic E-state index is 0.232. The van der Waals surface area contributed by atoms with E-state index in [-0.39, 0.29) is 5.25 Å². The van der Waals surface area contributed by atoms with Crippen LogP contribution in [0, 0.1) is 0 Å². The maximum absolute atomic E-state index is 5.34. The fourth-order valence-electron chi connectivity index (χ4n) is 1.70. The maximum atomic E-state index is 5.34. The van der Waals surface area contributed by atoms with E-state index in [1.165, 1.54) is 0 Å². The molecule has 0 fully saturated rings. The van der Waals surface area contributed by atoms with Gasteiger partial charge in [-0.1, -0.05) is 18.2 Å². The molecule has 0 radical (unpaired) electrons. The molecule has 0 aliphatic carbocycles. The van der Waals surface area contributed by atoms with Crippen LogP contribution < -0.4 is 0 Å². The van der Waals surface area contributed by atoms with Gasteiger partial charge in [-0.2, -0.15) is 4.68 Å². The zero-order chi connectivity index (χ0) is 13.5. The number of aromatic nitrogens is 4. The third-order valence-electron chi connectivity index (χ3n) is 2.66. The normalized spacial score (nSPS) is 12.5. The molecule has 1 heterocycles. The summed E-state index contributed by atoms with van der Waals surface area (Å²) in [6.07, 6.45) is 0. The molecule has 0 bridgehead atoms. The Labute approximate surface area is 117 Å². The quantitative estimate of drug-likeness (QED) is 0.728. The van der Waals surface area contributed by atoms with Crippen molar-refractivity contribution in [2.45, 2.75) is 19.1 Å². The number of hydrogen-bond acceptors (Lipinski definition) is 5. The lowest BCUT2D eigenvalue weighted by Crippen LogP contribution is -2.06. The number of thioether (sulfide) groups is 1. The standard InChI is InChI=1S/C13H18N4OS/c1-3-18-9-10-19-11(2)13-14-15-16-17(13)12-7-5-4-6-8-12/h4-8,11H,3,9-10H2,1-2H3/t11-/m1/s1. The van der Waals surface area contributed by atoms with E-state index in [0.29, 0.717) is 0 Å². The number of ether oxygens (including phenoxy) is 1. The van der Waals surface area contributed by atoms with E-state index in [0.717, 1.165) is 30.5 Å². The molecule has 0 saturated carbocycles. The highest BCUT2D eigenvalue weighted by Gasteiger charge is 2.15. The third kappa shape index (κ3) is 3.78. The molecule has 0 aliphatic rings. The lowest BCUT2D eigenvalue weighted by molar-refractivity contribution is 0.164. The van der Waals surface area contributed by atoms with E-state index in [1.807, 2.05) is 37.3 Å². The molecule has 0 aliphatic heterocycles. The van der Waals surface area contributed by atoms with Crippen molar-refractivity contribution in [1.29, 1.82) is 0 Å². The summed E-state index contributed by atoms with van der Waals surface area (Å²) in [4.78, 5) is 0. The molecule has 0 unspecified atom stereocenters. The summed E-state index contributed by atoms with van der Waals surface area (Å²) in [6, 6.07) is 9.93. The predicted octanol–water partition coefficient (Wildman–Crippen LogP) is 2.49. The average Bonchev–Trinajstić information content (AvgIpc) is 2.94. The van der Waals surface area contributed by atoms with Crippen LogP contribution in [0.4, 0.5) is 0 Å². The fourth-order valence-corrected chi connectivity index (χ4v) is 2.57. The monoisotopic (exact) mass is 278 g/mol. The minimum atomic E-state index is 0.232. The van der Waals surface area contributed by atoms with Crippen LogP contribution in [-0.4, -0.2) is 39.2 Å². The summed E-state index contributed by atoms with van der Waals surface area (Å²) in [6.45, 7) is 5.64. The summed E-state index contributed by atoms with van der Waals surface area (Å²) in [5.41, 5.74) is 0.986. The highest BCUT2D eigenvalue weighted by Crippen LogP contribution is 2.27. The zero-order valence-corrected chi connectivity index (χ0v) is 12.0. The summed E-state index contributed by atoms with van der Waals surface area (Å²) in [7, 11) is 0. The van der Waals surface area contributed by atoms with Crippen molar-refractivity contribution >= 4 is 11.8 Å². The first-order valence-corrected chi connectivity index (χ1v) is 7.41. The first-order valence-electron chi connectivity index (χ1n) is 6.36. The molecule has 2 aromatic rings. The summed E-state index contributed by atoms with van der Waals surface area (Å²) < 4.78 is 7.13. The molecular weight excluding hydrogens is 260 g/mol. The lowest BCUT2D eigenvalue weighted by atomic mass is 10.3. The Balaban J connectivity index is 2.03. The number of hydrogen-bond donors (Lipinski definition) is 0. The largest absolute Gasteiger partial charge is 0.381 e. The molecule has 0 saturated heterocycles. The van der Waals surface area contributed by atoms with Gasteiger partial charge in [0.05, 0.1) is 17.5 Å². The van der Waals surface area contributed by atoms with E-state index in [4.69, 9.17) is 4.74 Å². The van der Waals surface area contributed by atoms with Crippen LogP contribution in [0.1, 0.15) is 24.9 Å². The van der Waals surface area contributed by atoms with Crippen molar-refractivity contribution in [3.8, 4) is 5.69 Å². The van der Waals surface area contributed by atoms with Gasteiger partial charge in [0, 0.05) is 12.4 Å². The number of nitrogens with zero attached hydrogens (tertiary/aromatic N) is 4. The van der Waals surface area contributed by atoms with Crippen molar-refractivity contribution < 1.29 is 4.74 Å². The van der Waals surface area contributed by atoms with Crippen molar-refractivity contribution in [3.63, 3.8) is 0 Å². The van der Waals surface area contributed by atoms with Crippen LogP contribution in [0.25, 0.3) is 5.69 Å². The van der Waals surface area contributed by atoms with Crippen LogP contribution in [0.5, 0.6) is 0 Å². The molecule has 1 aromatic heterocycles. The molecule has 102 valence electrons. The number of para-hydroxylation sites is 1. The van der Waals surface area contributed by atoms with Gasteiger partial charge in [0.15, 0.2) is 5.82 Å². The van der Waals surface area contributed by atoms with Gasteiger partial charge in [0.2, 0.25) is 0 Å². The summed E-state index contributed by atoms with van der Waals surface area (Å²) in [5.74, 6) is 1.81. The molecule has 1 atom stereocenters. The van der Waals surface area contributed by atoms with Crippen LogP contribution in [0.3, 0.4) is 0 Å². The molecule has 1 aromatic carbocycles. The minimum Gasteiger partial charge on any atom is -0.381 e. The predicted molar refractivity (Wildman–Crippen MR) is 76.5 cm³/mol. The highest BCUT2D eigenvalue weighted by atomic mass is 32.2. The van der Waals surface area contributed by atoms with Gasteiger partial charge < -0.3 is 4.74 Å². The number of rotatable bonds is 7. The van der Waals surface area contributed by atoms with Crippen molar-refractivity contribution in [2.75, 3.05) is 19.0 Å². The maximum Gasteiger partial charge on any atom is 0.169 e. The number of tetrazole rings is 1. The first-order chi connectivity index (χ1) is 9.33. The molecule has 6 heteroatoms. The number of benzene rings is 1. The zero-order valence-electron chi connectivity index (χ0n) is 11.2. The Kier molecular flexibility index (Phi) is 5.35. The Bertz CT molecular complexity index is 488. The first kappa shape index (κ1) is 14.0. The van der Waals surface area contributed by atoms with Crippen molar-refractivity contribution in [2.24, 2.45) is 0 Å². The summed E-state index contributed by atoms with van der Waals surface area (Å²) in [5, 5.41) is 12.2. The Morgan fingerprint density at radius 2 is 2.11 bits per heavy atom. The van der Waals surface area contributed by atoms with Crippen LogP contribution in [-0.2, 0) is 4.74 Å². The van der Waals surface area contributed by atoms with E-state index in [2.05, 4.69) is 22.4 Å². The van der Waals surface area contributed by atoms with Gasteiger partial charge in [-0.3, -0.25) is 0 Å². The Morgan fingerprint density at radius 3 is 2.84 bits per heavy atom. The van der Waals surface area contributed by atoms with Gasteiger partial charge in [0.1, 0.15) is 0 Å². The van der Waals surface area contributed by atoms with Crippen LogP contribution in [0.15, 0.2) is 30.3 Å². The van der Waals surface area contributed by atoms with Crippen molar-refractivity contribution in [3.05, 3.63) is 36.2 Å². The Hall–Kier alpha value is -1.40. The topological polar surface area (TPSA) is 52.8 Å². The molecule has 0 spiro atoms. The van der Waals surface area contributed by atoms with E-state index < -0.39 is 0 Å². The SMILES string of the molecule is CCOCCS[C@H](C)c1nnnn1-c1ccccc1. The second-order valence-corrected chi connectivity index (χ2v) is 5.44. The van der Waals surface area contributed by atoms with E-state index in [9.17, 15) is 0 Å². The third-order valence-corrected chi connectivity index (χ3v) is 3.77.